The van der Waals surface area contributed by atoms with Gasteiger partial charge in [-0.05, 0) is 32.1 Å². The van der Waals surface area contributed by atoms with Crippen LogP contribution in [-0.4, -0.2) is 34.3 Å². The van der Waals surface area contributed by atoms with E-state index in [0.29, 0.717) is 6.54 Å². The van der Waals surface area contributed by atoms with Crippen LogP contribution in [0.25, 0.3) is 0 Å². The first-order chi connectivity index (χ1) is 21.6. The van der Waals surface area contributed by atoms with Crippen molar-refractivity contribution in [2.75, 3.05) is 6.54 Å². The minimum Gasteiger partial charge on any atom is -0.290 e. The molecule has 0 atom stereocenters. The molecule has 3 aliphatic rings. The maximum Gasteiger partial charge on any atom is 0.249 e. The second-order valence-corrected chi connectivity index (χ2v) is 15.3. The standard InChI is InChI=1S/C40H74N2O2/c1-2-3-4-5-6-7-8-9-10-11-12-13-14-21-26-31-36-42-37(43)39(32-27-22-17-15-18-23-28-33-39)41-40(38(42)44)34-29-24-19-16-20-25-30-35-40/h41H,2-36H2,1H3. The number of nitrogens with one attached hydrogen (secondary N) is 1. The van der Waals surface area contributed by atoms with Gasteiger partial charge in [-0.25, -0.2) is 0 Å². The van der Waals surface area contributed by atoms with Crippen LogP contribution in [0.1, 0.15) is 225 Å². The molecule has 256 valence electrons. The molecule has 2 saturated carbocycles. The molecule has 4 heteroatoms. The Morgan fingerprint density at radius 3 is 1.02 bits per heavy atom. The molecular weight excluding hydrogens is 540 g/mol. The number of amides is 2. The molecule has 0 aromatic carbocycles. The summed E-state index contributed by atoms with van der Waals surface area (Å²) < 4.78 is 0. The Morgan fingerprint density at radius 1 is 0.432 bits per heavy atom. The Balaban J connectivity index is 1.46. The van der Waals surface area contributed by atoms with Gasteiger partial charge in [0.1, 0.15) is 0 Å². The number of nitrogens with zero attached hydrogens (tertiary/aromatic N) is 1. The fourth-order valence-electron chi connectivity index (χ4n) is 8.60. The lowest BCUT2D eigenvalue weighted by Gasteiger charge is -2.52. The van der Waals surface area contributed by atoms with Crippen LogP contribution in [-0.2, 0) is 9.59 Å². The lowest BCUT2D eigenvalue weighted by atomic mass is 9.74. The summed E-state index contributed by atoms with van der Waals surface area (Å²) in [5.41, 5.74) is -1.05. The van der Waals surface area contributed by atoms with Gasteiger partial charge in [0, 0.05) is 6.54 Å². The smallest absolute Gasteiger partial charge is 0.249 e. The van der Waals surface area contributed by atoms with Crippen molar-refractivity contribution in [2.24, 2.45) is 0 Å². The first kappa shape index (κ1) is 37.6. The Morgan fingerprint density at radius 2 is 0.705 bits per heavy atom. The van der Waals surface area contributed by atoms with Crippen molar-refractivity contribution in [1.29, 1.82) is 0 Å². The predicted octanol–water partition coefficient (Wildman–Crippen LogP) is 11.7. The fraction of sp³-hybridized carbons (Fsp3) is 0.950. The molecule has 1 N–H and O–H groups in total. The lowest BCUT2D eigenvalue weighted by Crippen LogP contribution is -2.76. The Bertz CT molecular complexity index is 700. The van der Waals surface area contributed by atoms with E-state index in [1.165, 1.54) is 154 Å². The molecule has 0 radical (unpaired) electrons. The lowest BCUT2D eigenvalue weighted by molar-refractivity contribution is -0.163. The first-order valence-electron chi connectivity index (χ1n) is 20.3. The van der Waals surface area contributed by atoms with E-state index in [-0.39, 0.29) is 11.8 Å². The molecule has 3 fully saturated rings. The van der Waals surface area contributed by atoms with Crippen molar-refractivity contribution in [3.8, 4) is 0 Å². The number of piperazine rings is 1. The van der Waals surface area contributed by atoms with Crippen LogP contribution >= 0.6 is 0 Å². The molecule has 1 heterocycles. The highest BCUT2D eigenvalue weighted by molar-refractivity contribution is 6.06. The molecule has 0 aromatic rings. The average molecular weight is 615 g/mol. The largest absolute Gasteiger partial charge is 0.290 e. The van der Waals surface area contributed by atoms with Crippen LogP contribution in [0.5, 0.6) is 0 Å². The quantitative estimate of drug-likeness (QED) is 0.131. The Labute approximate surface area is 274 Å². The van der Waals surface area contributed by atoms with E-state index in [1.807, 2.05) is 0 Å². The molecule has 1 aliphatic heterocycles. The fourth-order valence-corrected chi connectivity index (χ4v) is 8.60. The van der Waals surface area contributed by atoms with Gasteiger partial charge in [-0.2, -0.15) is 0 Å². The van der Waals surface area contributed by atoms with Crippen molar-refractivity contribution in [3.05, 3.63) is 0 Å². The number of carbonyl (C=O) groups is 2. The third kappa shape index (κ3) is 13.1. The van der Waals surface area contributed by atoms with Gasteiger partial charge < -0.3 is 0 Å². The van der Waals surface area contributed by atoms with Crippen molar-refractivity contribution >= 4 is 11.8 Å². The van der Waals surface area contributed by atoms with Gasteiger partial charge in [0.05, 0.1) is 11.1 Å². The summed E-state index contributed by atoms with van der Waals surface area (Å²) in [6.45, 7) is 2.93. The van der Waals surface area contributed by atoms with E-state index in [2.05, 4.69) is 12.2 Å². The summed E-state index contributed by atoms with van der Waals surface area (Å²) >= 11 is 0. The van der Waals surface area contributed by atoms with E-state index in [1.54, 1.807) is 4.90 Å². The molecule has 2 spiro atoms. The molecule has 2 amide bonds. The molecule has 0 bridgehead atoms. The zero-order chi connectivity index (χ0) is 31.2. The molecule has 3 rings (SSSR count). The monoisotopic (exact) mass is 615 g/mol. The first-order valence-corrected chi connectivity index (χ1v) is 20.3. The van der Waals surface area contributed by atoms with E-state index in [4.69, 9.17) is 0 Å². The van der Waals surface area contributed by atoms with Gasteiger partial charge in [0.25, 0.3) is 0 Å². The van der Waals surface area contributed by atoms with Crippen molar-refractivity contribution in [3.63, 3.8) is 0 Å². The molecule has 44 heavy (non-hydrogen) atoms. The molecule has 1 saturated heterocycles. The maximum absolute atomic E-state index is 14.3. The maximum atomic E-state index is 14.3. The second-order valence-electron chi connectivity index (χ2n) is 15.3. The summed E-state index contributed by atoms with van der Waals surface area (Å²) in [7, 11) is 0. The van der Waals surface area contributed by atoms with E-state index in [0.717, 1.165) is 64.2 Å². The normalized spacial score (nSPS) is 22.0. The number of hydrogen-bond acceptors (Lipinski definition) is 3. The summed E-state index contributed by atoms with van der Waals surface area (Å²) in [5.74, 6) is 0.263. The van der Waals surface area contributed by atoms with Gasteiger partial charge in [0.15, 0.2) is 0 Å². The van der Waals surface area contributed by atoms with Gasteiger partial charge >= 0.3 is 0 Å². The van der Waals surface area contributed by atoms with Crippen LogP contribution < -0.4 is 5.32 Å². The molecule has 0 aromatic heterocycles. The highest BCUT2D eigenvalue weighted by Crippen LogP contribution is 2.39. The van der Waals surface area contributed by atoms with Crippen LogP contribution in [0, 0.1) is 0 Å². The second kappa shape index (κ2) is 22.6. The number of imide groups is 1. The summed E-state index contributed by atoms with van der Waals surface area (Å²) in [6.07, 6.45) is 42.3. The summed E-state index contributed by atoms with van der Waals surface area (Å²) in [6, 6.07) is 0. The van der Waals surface area contributed by atoms with Gasteiger partial charge in [-0.1, -0.05) is 193 Å². The van der Waals surface area contributed by atoms with Crippen molar-refractivity contribution in [2.45, 2.75) is 236 Å². The number of rotatable bonds is 17. The average Bonchev–Trinajstić information content (AvgIpc) is 3.03. The SMILES string of the molecule is CCCCCCCCCCCCCCCCCCN1C(=O)C2(CCCCCCCCC2)NC2(CCCCCCCCC2)C1=O. The van der Waals surface area contributed by atoms with Gasteiger partial charge in [-0.15, -0.1) is 0 Å². The van der Waals surface area contributed by atoms with E-state index >= 15 is 0 Å². The third-order valence-electron chi connectivity index (χ3n) is 11.4. The zero-order valence-electron chi connectivity index (χ0n) is 29.5. The van der Waals surface area contributed by atoms with Gasteiger partial charge in [-0.3, -0.25) is 19.8 Å². The predicted molar refractivity (Wildman–Crippen MR) is 188 cm³/mol. The summed E-state index contributed by atoms with van der Waals surface area (Å²) in [4.78, 5) is 30.4. The zero-order valence-corrected chi connectivity index (χ0v) is 29.5. The van der Waals surface area contributed by atoms with E-state index < -0.39 is 11.1 Å². The minimum atomic E-state index is -0.523. The molecule has 0 unspecified atom stereocenters. The number of hydrogen-bond donors (Lipinski definition) is 1. The van der Waals surface area contributed by atoms with E-state index in [9.17, 15) is 9.59 Å². The summed E-state index contributed by atoms with van der Waals surface area (Å²) in [5, 5.41) is 3.96. The van der Waals surface area contributed by atoms with Crippen molar-refractivity contribution < 1.29 is 9.59 Å². The topological polar surface area (TPSA) is 49.4 Å². The van der Waals surface area contributed by atoms with Crippen LogP contribution in [0.3, 0.4) is 0 Å². The minimum absolute atomic E-state index is 0.131. The highest BCUT2D eigenvalue weighted by atomic mass is 16.2. The highest BCUT2D eigenvalue weighted by Gasteiger charge is 2.56. The molecular formula is C40H74N2O2. The number of unbranched alkanes of at least 4 members (excludes halogenated alkanes) is 15. The Hall–Kier alpha value is -0.900. The molecule has 2 aliphatic carbocycles. The third-order valence-corrected chi connectivity index (χ3v) is 11.4. The van der Waals surface area contributed by atoms with Crippen LogP contribution in [0.4, 0.5) is 0 Å². The number of carbonyl (C=O) groups excluding carboxylic acids is 2. The van der Waals surface area contributed by atoms with Crippen molar-refractivity contribution in [1.82, 2.24) is 10.2 Å². The van der Waals surface area contributed by atoms with Gasteiger partial charge in [0.2, 0.25) is 11.8 Å². The van der Waals surface area contributed by atoms with Crippen LogP contribution in [0.15, 0.2) is 0 Å². The Kier molecular flexibility index (Phi) is 19.3. The molecule has 4 nitrogen and oxygen atoms in total. The van der Waals surface area contributed by atoms with Crippen LogP contribution in [0.2, 0.25) is 0 Å².